The molecule has 0 aromatic heterocycles. The first kappa shape index (κ1) is 29.3. The fraction of sp³-hybridized carbons (Fsp3) is 0.654. The number of benzene rings is 1. The molecule has 0 radical (unpaired) electrons. The number of ether oxygens (including phenoxy) is 3. The Hall–Kier alpha value is -1.69. The van der Waals surface area contributed by atoms with E-state index >= 15 is 0 Å². The van der Waals surface area contributed by atoms with Crippen LogP contribution < -0.4 is 0 Å². The van der Waals surface area contributed by atoms with Crippen molar-refractivity contribution >= 4 is 5.97 Å². The zero-order chi connectivity index (χ0) is 23.9. The Morgan fingerprint density at radius 1 is 1.29 bits per heavy atom. The van der Waals surface area contributed by atoms with E-state index in [4.69, 9.17) is 14.2 Å². The third-order valence-corrected chi connectivity index (χ3v) is 5.47. The predicted molar refractivity (Wildman–Crippen MR) is 131 cm³/mol. The van der Waals surface area contributed by atoms with Crippen molar-refractivity contribution in [1.82, 2.24) is 4.90 Å². The number of carbonyl (C=O) groups excluding carboxylic acids is 1. The number of rotatable bonds is 6. The van der Waals surface area contributed by atoms with Gasteiger partial charge in [-0.15, -0.1) is 6.58 Å². The zero-order valence-electron chi connectivity index (χ0n) is 21.1. The highest BCUT2D eigenvalue weighted by Gasteiger charge is 2.34. The van der Waals surface area contributed by atoms with Crippen LogP contribution in [0, 0.1) is 11.3 Å². The normalized spacial score (nSPS) is 19.7. The van der Waals surface area contributed by atoms with E-state index < -0.39 is 0 Å². The minimum Gasteiger partial charge on any atom is -0.461 e. The molecule has 5 heteroatoms. The fourth-order valence-corrected chi connectivity index (χ4v) is 3.08. The average molecular weight is 438 g/mol. The van der Waals surface area contributed by atoms with Crippen molar-refractivity contribution in [1.29, 1.82) is 0 Å². The maximum atomic E-state index is 10.4. The lowest BCUT2D eigenvalue weighted by atomic mass is 9.72. The highest BCUT2D eigenvalue weighted by Crippen LogP contribution is 2.37. The Labute approximate surface area is 192 Å². The SMILES string of the molecule is C=CC(C)C1(C)CCCN(COC)C1.CC(=O)OCc1ccccc1.COC(C)(C)C.[HH]. The van der Waals surface area contributed by atoms with Crippen LogP contribution in [0.25, 0.3) is 0 Å². The number of carbonyl (C=O) groups is 1. The van der Waals surface area contributed by atoms with Crippen molar-refractivity contribution in [2.75, 3.05) is 34.0 Å². The number of hydrogen-bond donors (Lipinski definition) is 0. The third-order valence-electron chi connectivity index (χ3n) is 5.47. The highest BCUT2D eigenvalue weighted by molar-refractivity contribution is 5.65. The maximum Gasteiger partial charge on any atom is 0.302 e. The lowest BCUT2D eigenvalue weighted by Gasteiger charge is -2.43. The van der Waals surface area contributed by atoms with Crippen LogP contribution in [0.3, 0.4) is 0 Å². The van der Waals surface area contributed by atoms with Crippen molar-refractivity contribution in [2.45, 2.75) is 66.6 Å². The van der Waals surface area contributed by atoms with E-state index in [-0.39, 0.29) is 13.0 Å². The molecule has 1 saturated heterocycles. The molecule has 5 nitrogen and oxygen atoms in total. The van der Waals surface area contributed by atoms with E-state index in [1.54, 1.807) is 14.2 Å². The van der Waals surface area contributed by atoms with Gasteiger partial charge in [-0.2, -0.15) is 0 Å². The molecule has 1 aliphatic heterocycles. The molecule has 2 rings (SSSR count). The summed E-state index contributed by atoms with van der Waals surface area (Å²) >= 11 is 0. The van der Waals surface area contributed by atoms with Crippen LogP contribution in [-0.2, 0) is 25.6 Å². The summed E-state index contributed by atoms with van der Waals surface area (Å²) < 4.78 is 14.9. The number of piperidine rings is 1. The van der Waals surface area contributed by atoms with Crippen LogP contribution >= 0.6 is 0 Å². The Morgan fingerprint density at radius 3 is 2.32 bits per heavy atom. The van der Waals surface area contributed by atoms with Gasteiger partial charge in [0, 0.05) is 35.7 Å². The van der Waals surface area contributed by atoms with Crippen LogP contribution in [0.1, 0.15) is 61.4 Å². The highest BCUT2D eigenvalue weighted by atomic mass is 16.5. The number of likely N-dealkylation sites (tertiary alicyclic amines) is 1. The number of hydrogen-bond acceptors (Lipinski definition) is 5. The van der Waals surface area contributed by atoms with Gasteiger partial charge in [-0.1, -0.05) is 50.3 Å². The molecule has 2 unspecified atom stereocenters. The van der Waals surface area contributed by atoms with Crippen molar-refractivity contribution < 1.29 is 20.4 Å². The topological polar surface area (TPSA) is 48.0 Å². The van der Waals surface area contributed by atoms with Crippen LogP contribution in [0.5, 0.6) is 0 Å². The van der Waals surface area contributed by atoms with Gasteiger partial charge in [0.05, 0.1) is 12.3 Å². The fourth-order valence-electron chi connectivity index (χ4n) is 3.08. The van der Waals surface area contributed by atoms with Crippen molar-refractivity contribution in [3.63, 3.8) is 0 Å². The molecule has 0 saturated carbocycles. The van der Waals surface area contributed by atoms with Crippen molar-refractivity contribution in [3.8, 4) is 0 Å². The van der Waals surface area contributed by atoms with Gasteiger partial charge in [0.25, 0.3) is 0 Å². The van der Waals surface area contributed by atoms with Crippen LogP contribution in [0.15, 0.2) is 43.0 Å². The molecule has 31 heavy (non-hydrogen) atoms. The van der Waals surface area contributed by atoms with E-state index in [0.717, 1.165) is 18.8 Å². The van der Waals surface area contributed by atoms with E-state index in [9.17, 15) is 4.79 Å². The second kappa shape index (κ2) is 15.2. The van der Waals surface area contributed by atoms with Crippen LogP contribution in [-0.4, -0.2) is 50.5 Å². The summed E-state index contributed by atoms with van der Waals surface area (Å²) in [6.45, 7) is 19.4. The molecule has 1 aromatic rings. The van der Waals surface area contributed by atoms with Crippen LogP contribution in [0.2, 0.25) is 0 Å². The monoisotopic (exact) mass is 437 g/mol. The second-order valence-corrected chi connectivity index (χ2v) is 9.33. The van der Waals surface area contributed by atoms with Gasteiger partial charge in [-0.25, -0.2) is 0 Å². The van der Waals surface area contributed by atoms with Gasteiger partial charge < -0.3 is 14.2 Å². The first-order valence-corrected chi connectivity index (χ1v) is 11.0. The molecule has 0 spiro atoms. The van der Waals surface area contributed by atoms with Gasteiger partial charge in [-0.05, 0) is 50.5 Å². The largest absolute Gasteiger partial charge is 0.461 e. The Bertz CT molecular complexity index is 616. The predicted octanol–water partition coefficient (Wildman–Crippen LogP) is 5.94. The molecule has 0 N–H and O–H groups in total. The second-order valence-electron chi connectivity index (χ2n) is 9.33. The molecule has 1 fully saturated rings. The minimum absolute atomic E-state index is 0. The molecule has 0 aliphatic carbocycles. The first-order valence-electron chi connectivity index (χ1n) is 11.0. The maximum absolute atomic E-state index is 10.4. The van der Waals surface area contributed by atoms with Gasteiger partial charge in [0.15, 0.2) is 0 Å². The van der Waals surface area contributed by atoms with Gasteiger partial charge >= 0.3 is 5.97 Å². The summed E-state index contributed by atoms with van der Waals surface area (Å²) in [6.07, 6.45) is 4.66. The van der Waals surface area contributed by atoms with E-state index in [0.29, 0.717) is 17.9 Å². The number of allylic oxidation sites excluding steroid dienone is 1. The number of esters is 1. The molecule has 180 valence electrons. The Balaban J connectivity index is 0. The summed E-state index contributed by atoms with van der Waals surface area (Å²) in [5.74, 6) is 0.344. The summed E-state index contributed by atoms with van der Waals surface area (Å²) in [5.41, 5.74) is 1.45. The van der Waals surface area contributed by atoms with Gasteiger partial charge in [-0.3, -0.25) is 9.69 Å². The average Bonchev–Trinajstić information content (AvgIpc) is 2.73. The zero-order valence-corrected chi connectivity index (χ0v) is 21.1. The quantitative estimate of drug-likeness (QED) is 0.407. The van der Waals surface area contributed by atoms with Gasteiger partial charge in [0.1, 0.15) is 6.61 Å². The lowest BCUT2D eigenvalue weighted by Crippen LogP contribution is -2.45. The molecule has 1 aromatic carbocycles. The third kappa shape index (κ3) is 14.1. The lowest BCUT2D eigenvalue weighted by molar-refractivity contribution is -0.142. The first-order chi connectivity index (χ1) is 14.5. The van der Waals surface area contributed by atoms with E-state index in [2.05, 4.69) is 31.4 Å². The molecule has 2 atom stereocenters. The molecule has 0 bridgehead atoms. The molecular weight excluding hydrogens is 390 g/mol. The number of nitrogens with zero attached hydrogens (tertiary/aromatic N) is 1. The summed E-state index contributed by atoms with van der Waals surface area (Å²) in [7, 11) is 3.48. The van der Waals surface area contributed by atoms with E-state index in [1.165, 1.54) is 26.3 Å². The number of methoxy groups -OCH3 is 2. The molecule has 1 aliphatic rings. The summed E-state index contributed by atoms with van der Waals surface area (Å²) in [6, 6.07) is 9.60. The minimum atomic E-state index is -0.242. The summed E-state index contributed by atoms with van der Waals surface area (Å²) in [5, 5.41) is 0. The Kier molecular flexibility index (Phi) is 14.3. The molecular formula is C26H47NO4. The van der Waals surface area contributed by atoms with Crippen molar-refractivity contribution in [2.24, 2.45) is 11.3 Å². The van der Waals surface area contributed by atoms with Crippen molar-refractivity contribution in [3.05, 3.63) is 48.6 Å². The van der Waals surface area contributed by atoms with Gasteiger partial charge in [0.2, 0.25) is 0 Å². The molecule has 1 heterocycles. The standard InChI is InChI=1S/C12H23NO.C9H10O2.C5H12O.H2/c1-5-11(2)12(3)7-6-8-13(9-12)10-14-4;1-8(10)11-7-9-5-3-2-4-6-9;1-5(2,3)6-4;/h5,11H,1,6-10H2,2-4H3;2-6H,7H2,1H3;1-4H3;1H. The summed E-state index contributed by atoms with van der Waals surface area (Å²) in [4.78, 5) is 12.8. The van der Waals surface area contributed by atoms with Crippen LogP contribution in [0.4, 0.5) is 0 Å². The smallest absolute Gasteiger partial charge is 0.302 e. The molecule has 0 amide bonds. The Morgan fingerprint density at radius 2 is 1.87 bits per heavy atom. The van der Waals surface area contributed by atoms with E-state index in [1.807, 2.05) is 51.1 Å².